The second kappa shape index (κ2) is 6.60. The van der Waals surface area contributed by atoms with Crippen molar-refractivity contribution in [2.24, 2.45) is 0 Å². The van der Waals surface area contributed by atoms with Crippen molar-refractivity contribution in [3.05, 3.63) is 63.8 Å². The smallest absolute Gasteiger partial charge is 0.410 e. The van der Waals surface area contributed by atoms with E-state index in [0.29, 0.717) is 11.3 Å². The number of H-pyrrole nitrogens is 1. The Balaban J connectivity index is 1.74. The van der Waals surface area contributed by atoms with Crippen LogP contribution in [0.25, 0.3) is 0 Å². The van der Waals surface area contributed by atoms with Crippen LogP contribution in [0.15, 0.2) is 41.5 Å². The number of hydrogen-bond donors (Lipinski definition) is 1. The zero-order chi connectivity index (χ0) is 16.2. The largest absolute Gasteiger partial charge is 0.445 e. The lowest BCUT2D eigenvalue weighted by Gasteiger charge is -2.33. The standard InChI is InChI=1S/C16H16FN3O3/c17-7-12-6-14-13(15(21)19-10-18-14)8-20(12)16(22)23-9-11-4-2-1-3-5-11/h1-5,10,12H,6-9H2,(H,18,19,21). The average Bonchev–Trinajstić information content (AvgIpc) is 2.60. The van der Waals surface area contributed by atoms with E-state index < -0.39 is 18.8 Å². The maximum absolute atomic E-state index is 13.3. The highest BCUT2D eigenvalue weighted by Gasteiger charge is 2.33. The van der Waals surface area contributed by atoms with Crippen molar-refractivity contribution in [1.29, 1.82) is 0 Å². The van der Waals surface area contributed by atoms with Gasteiger partial charge in [-0.1, -0.05) is 30.3 Å². The van der Waals surface area contributed by atoms with Crippen molar-refractivity contribution in [1.82, 2.24) is 14.9 Å². The predicted octanol–water partition coefficient (Wildman–Crippen LogP) is 1.80. The summed E-state index contributed by atoms with van der Waals surface area (Å²) in [5.74, 6) is 0. The SMILES string of the molecule is O=C(OCc1ccccc1)N1Cc2c(nc[nH]c2=O)CC1CF. The number of rotatable bonds is 3. The van der Waals surface area contributed by atoms with E-state index in [9.17, 15) is 14.0 Å². The number of ether oxygens (including phenoxy) is 1. The van der Waals surface area contributed by atoms with Crippen molar-refractivity contribution in [3.8, 4) is 0 Å². The first-order valence-corrected chi connectivity index (χ1v) is 7.27. The highest BCUT2D eigenvalue weighted by Crippen LogP contribution is 2.20. The molecule has 0 aliphatic carbocycles. The predicted molar refractivity (Wildman–Crippen MR) is 80.5 cm³/mol. The molecule has 2 heterocycles. The van der Waals surface area contributed by atoms with Gasteiger partial charge < -0.3 is 9.72 Å². The molecule has 0 saturated carbocycles. The minimum Gasteiger partial charge on any atom is -0.445 e. The molecule has 1 N–H and O–H groups in total. The van der Waals surface area contributed by atoms with Crippen molar-refractivity contribution in [2.45, 2.75) is 25.6 Å². The fourth-order valence-corrected chi connectivity index (χ4v) is 2.59. The van der Waals surface area contributed by atoms with E-state index in [1.807, 2.05) is 30.3 Å². The van der Waals surface area contributed by atoms with E-state index in [-0.39, 0.29) is 25.1 Å². The van der Waals surface area contributed by atoms with Crippen LogP contribution in [0, 0.1) is 0 Å². The van der Waals surface area contributed by atoms with E-state index in [1.54, 1.807) is 0 Å². The molecular weight excluding hydrogens is 301 g/mol. The molecule has 7 heteroatoms. The van der Waals surface area contributed by atoms with Gasteiger partial charge in [0.15, 0.2) is 0 Å². The van der Waals surface area contributed by atoms with Crippen LogP contribution in [-0.4, -0.2) is 33.7 Å². The maximum Gasteiger partial charge on any atom is 0.410 e. The molecule has 6 nitrogen and oxygen atoms in total. The lowest BCUT2D eigenvalue weighted by molar-refractivity contribution is 0.0661. The fourth-order valence-electron chi connectivity index (χ4n) is 2.59. The summed E-state index contributed by atoms with van der Waals surface area (Å²) >= 11 is 0. The van der Waals surface area contributed by atoms with Gasteiger partial charge in [-0.2, -0.15) is 0 Å². The van der Waals surface area contributed by atoms with Gasteiger partial charge in [-0.05, 0) is 5.56 Å². The number of nitrogens with zero attached hydrogens (tertiary/aromatic N) is 2. The van der Waals surface area contributed by atoms with Gasteiger partial charge in [0.25, 0.3) is 5.56 Å². The highest BCUT2D eigenvalue weighted by atomic mass is 19.1. The van der Waals surface area contributed by atoms with Gasteiger partial charge >= 0.3 is 6.09 Å². The summed E-state index contributed by atoms with van der Waals surface area (Å²) in [5, 5.41) is 0. The number of aromatic nitrogens is 2. The third kappa shape index (κ3) is 3.23. The second-order valence-electron chi connectivity index (χ2n) is 5.34. The van der Waals surface area contributed by atoms with Crippen LogP contribution in [-0.2, 0) is 24.3 Å². The van der Waals surface area contributed by atoms with Crippen LogP contribution < -0.4 is 5.56 Å². The Morgan fingerprint density at radius 3 is 2.91 bits per heavy atom. The Morgan fingerprint density at radius 2 is 2.17 bits per heavy atom. The molecule has 3 rings (SSSR count). The zero-order valence-corrected chi connectivity index (χ0v) is 12.4. The molecule has 0 fully saturated rings. The van der Waals surface area contributed by atoms with E-state index in [4.69, 9.17) is 4.74 Å². The number of aromatic amines is 1. The van der Waals surface area contributed by atoms with Gasteiger partial charge in [0.1, 0.15) is 13.3 Å². The number of hydrogen-bond acceptors (Lipinski definition) is 4. The minimum atomic E-state index is -0.714. The van der Waals surface area contributed by atoms with E-state index >= 15 is 0 Å². The number of fused-ring (bicyclic) bond motifs is 1. The van der Waals surface area contributed by atoms with Gasteiger partial charge in [0.05, 0.1) is 30.2 Å². The molecule has 1 unspecified atom stereocenters. The van der Waals surface area contributed by atoms with E-state index in [1.165, 1.54) is 11.2 Å². The Hall–Kier alpha value is -2.70. The van der Waals surface area contributed by atoms with Gasteiger partial charge in [0, 0.05) is 6.42 Å². The summed E-state index contributed by atoms with van der Waals surface area (Å²) in [6.45, 7) is -0.611. The Bertz CT molecular complexity index is 748. The van der Waals surface area contributed by atoms with Crippen LogP contribution in [0.3, 0.4) is 0 Å². The zero-order valence-electron chi connectivity index (χ0n) is 12.4. The Labute approximate surface area is 131 Å². The third-order valence-corrected chi connectivity index (χ3v) is 3.85. The lowest BCUT2D eigenvalue weighted by Crippen LogP contribution is -2.47. The number of nitrogens with one attached hydrogen (secondary N) is 1. The molecule has 2 aromatic rings. The number of halogens is 1. The van der Waals surface area contributed by atoms with Crippen molar-refractivity contribution in [3.63, 3.8) is 0 Å². The van der Waals surface area contributed by atoms with Gasteiger partial charge in [-0.15, -0.1) is 0 Å². The van der Waals surface area contributed by atoms with Crippen molar-refractivity contribution >= 4 is 6.09 Å². The molecule has 1 aliphatic rings. The van der Waals surface area contributed by atoms with Crippen LogP contribution in [0.2, 0.25) is 0 Å². The summed E-state index contributed by atoms with van der Waals surface area (Å²) in [7, 11) is 0. The summed E-state index contributed by atoms with van der Waals surface area (Å²) in [6.07, 6.45) is 0.862. The number of carbonyl (C=O) groups excluding carboxylic acids is 1. The monoisotopic (exact) mass is 317 g/mol. The quantitative estimate of drug-likeness (QED) is 0.936. The summed E-state index contributed by atoms with van der Waals surface area (Å²) in [4.78, 5) is 31.9. The van der Waals surface area contributed by atoms with Crippen LogP contribution >= 0.6 is 0 Å². The molecule has 0 saturated heterocycles. The first-order chi connectivity index (χ1) is 11.2. The fraction of sp³-hybridized carbons (Fsp3) is 0.312. The second-order valence-corrected chi connectivity index (χ2v) is 5.34. The molecule has 1 atom stereocenters. The molecule has 0 bridgehead atoms. The molecular formula is C16H16FN3O3. The summed E-state index contributed by atoms with van der Waals surface area (Å²) in [6, 6.07) is 8.55. The van der Waals surface area contributed by atoms with Crippen LogP contribution in [0.1, 0.15) is 16.8 Å². The molecule has 0 spiro atoms. The molecule has 1 aromatic heterocycles. The average molecular weight is 317 g/mol. The van der Waals surface area contributed by atoms with Crippen LogP contribution in [0.4, 0.5) is 9.18 Å². The van der Waals surface area contributed by atoms with Gasteiger partial charge in [-0.3, -0.25) is 9.69 Å². The molecule has 0 radical (unpaired) electrons. The van der Waals surface area contributed by atoms with Crippen molar-refractivity contribution < 1.29 is 13.9 Å². The third-order valence-electron chi connectivity index (χ3n) is 3.85. The molecule has 1 amide bonds. The highest BCUT2D eigenvalue weighted by molar-refractivity contribution is 5.68. The molecule has 120 valence electrons. The Morgan fingerprint density at radius 1 is 1.39 bits per heavy atom. The van der Waals surface area contributed by atoms with Crippen molar-refractivity contribution in [2.75, 3.05) is 6.67 Å². The Kier molecular flexibility index (Phi) is 4.36. The number of alkyl halides is 1. The number of amides is 1. The first kappa shape index (κ1) is 15.2. The number of carbonyl (C=O) groups is 1. The first-order valence-electron chi connectivity index (χ1n) is 7.27. The van der Waals surface area contributed by atoms with Crippen LogP contribution in [0.5, 0.6) is 0 Å². The molecule has 1 aliphatic heterocycles. The van der Waals surface area contributed by atoms with Gasteiger partial charge in [0.2, 0.25) is 0 Å². The minimum absolute atomic E-state index is 0.000711. The van der Waals surface area contributed by atoms with E-state index in [2.05, 4.69) is 9.97 Å². The lowest BCUT2D eigenvalue weighted by atomic mass is 10.0. The maximum atomic E-state index is 13.3. The molecule has 1 aromatic carbocycles. The van der Waals surface area contributed by atoms with E-state index in [0.717, 1.165) is 5.56 Å². The summed E-state index contributed by atoms with van der Waals surface area (Å²) < 4.78 is 18.5. The summed E-state index contributed by atoms with van der Waals surface area (Å²) in [5.41, 5.74) is 1.44. The van der Waals surface area contributed by atoms with Gasteiger partial charge in [-0.25, -0.2) is 14.2 Å². The number of benzene rings is 1. The molecule has 23 heavy (non-hydrogen) atoms. The topological polar surface area (TPSA) is 75.3 Å². The normalized spacial score (nSPS) is 16.7.